The summed E-state index contributed by atoms with van der Waals surface area (Å²) in [6.45, 7) is 4.39. The Morgan fingerprint density at radius 1 is 1.17 bits per heavy atom. The van der Waals surface area contributed by atoms with Crippen LogP contribution < -0.4 is 0 Å². The summed E-state index contributed by atoms with van der Waals surface area (Å²) in [6.07, 6.45) is 4.58. The van der Waals surface area contributed by atoms with E-state index >= 15 is 0 Å². The van der Waals surface area contributed by atoms with Crippen molar-refractivity contribution in [3.63, 3.8) is 0 Å². The predicted molar refractivity (Wildman–Crippen MR) is 78.0 cm³/mol. The minimum Gasteiger partial charge on any atom is -0.293 e. The third-order valence-corrected chi connectivity index (χ3v) is 5.72. The van der Waals surface area contributed by atoms with Crippen LogP contribution in [0.1, 0.15) is 31.7 Å². The quantitative estimate of drug-likeness (QED) is 0.735. The lowest BCUT2D eigenvalue weighted by Crippen LogP contribution is -2.07. The first-order valence-electron chi connectivity index (χ1n) is 6.09. The maximum atomic E-state index is 11.9. The topological polar surface area (TPSA) is 17.1 Å². The first-order valence-corrected chi connectivity index (χ1v) is 7.72. The summed E-state index contributed by atoms with van der Waals surface area (Å²) >= 11 is 3.35. The van der Waals surface area contributed by atoms with Crippen molar-refractivity contribution in [3.8, 4) is 0 Å². The molecule has 0 saturated carbocycles. The van der Waals surface area contributed by atoms with Gasteiger partial charge in [-0.2, -0.15) is 0 Å². The van der Waals surface area contributed by atoms with E-state index in [9.17, 15) is 4.79 Å². The fourth-order valence-electron chi connectivity index (χ4n) is 2.04. The van der Waals surface area contributed by atoms with Gasteiger partial charge < -0.3 is 0 Å². The van der Waals surface area contributed by atoms with Crippen molar-refractivity contribution in [1.82, 2.24) is 0 Å². The fraction of sp³-hybridized carbons (Fsp3) is 0.267. The van der Waals surface area contributed by atoms with Crippen LogP contribution in [0.15, 0.2) is 50.0 Å². The van der Waals surface area contributed by atoms with Crippen molar-refractivity contribution in [2.45, 2.75) is 36.0 Å². The van der Waals surface area contributed by atoms with Crippen molar-refractivity contribution < 1.29 is 4.79 Å². The van der Waals surface area contributed by atoms with Crippen LogP contribution in [-0.2, 0) is 4.79 Å². The van der Waals surface area contributed by atoms with Gasteiger partial charge in [-0.15, -0.1) is 0 Å². The van der Waals surface area contributed by atoms with Crippen LogP contribution in [-0.4, -0.2) is 5.78 Å². The average molecular weight is 274 g/mol. The molecule has 0 aromatic heterocycles. The highest BCUT2D eigenvalue weighted by Crippen LogP contribution is 2.49. The Morgan fingerprint density at radius 2 is 2.00 bits per heavy atom. The molecule has 0 bridgehead atoms. The van der Waals surface area contributed by atoms with Gasteiger partial charge in [-0.25, -0.2) is 0 Å². The Labute approximate surface area is 116 Å². The van der Waals surface area contributed by atoms with Gasteiger partial charge >= 0.3 is 0 Å². The number of hydrogen-bond donors (Lipinski definition) is 0. The molecule has 0 fully saturated rings. The Hall–Kier alpha value is -0.930. The number of carbonyl (C=O) groups is 1. The zero-order valence-electron chi connectivity index (χ0n) is 10.4. The van der Waals surface area contributed by atoms with Gasteiger partial charge in [0.25, 0.3) is 0 Å². The lowest BCUT2D eigenvalue weighted by atomic mass is 10.0. The largest absolute Gasteiger partial charge is 0.293 e. The van der Waals surface area contributed by atoms with Crippen LogP contribution >= 0.6 is 23.5 Å². The number of benzene rings is 1. The van der Waals surface area contributed by atoms with E-state index in [0.29, 0.717) is 12.3 Å². The lowest BCUT2D eigenvalue weighted by Gasteiger charge is -2.22. The van der Waals surface area contributed by atoms with Gasteiger partial charge in [0.15, 0.2) is 5.78 Å². The fourth-order valence-corrected chi connectivity index (χ4v) is 4.40. The summed E-state index contributed by atoms with van der Waals surface area (Å²) < 4.78 is 0. The predicted octanol–water partition coefficient (Wildman–Crippen LogP) is 4.75. The molecule has 92 valence electrons. The van der Waals surface area contributed by atoms with E-state index in [1.165, 1.54) is 15.4 Å². The second-order valence-corrected chi connectivity index (χ2v) is 6.92. The van der Waals surface area contributed by atoms with E-state index in [1.807, 2.05) is 6.08 Å². The van der Waals surface area contributed by atoms with Crippen LogP contribution in [0.4, 0.5) is 0 Å². The highest BCUT2D eigenvalue weighted by atomic mass is 32.2. The lowest BCUT2D eigenvalue weighted by molar-refractivity contribution is -0.114. The molecule has 1 heterocycles. The standard InChI is InChI=1S/C15H14OS2/c1-9(2)10-6-7-12-14(8-10)18-15-11(16)4-3-5-13(15)17-12/h3,5-9H,4H2,1-2H3. The van der Waals surface area contributed by atoms with Crippen LogP contribution in [0.5, 0.6) is 0 Å². The summed E-state index contributed by atoms with van der Waals surface area (Å²) in [5.41, 5.74) is 1.34. The maximum Gasteiger partial charge on any atom is 0.174 e. The van der Waals surface area contributed by atoms with E-state index in [-0.39, 0.29) is 5.78 Å². The summed E-state index contributed by atoms with van der Waals surface area (Å²) in [7, 11) is 0. The van der Waals surface area contributed by atoms with Gasteiger partial charge in [0, 0.05) is 21.1 Å². The van der Waals surface area contributed by atoms with Crippen molar-refractivity contribution in [3.05, 3.63) is 45.7 Å². The molecule has 18 heavy (non-hydrogen) atoms. The van der Waals surface area contributed by atoms with Gasteiger partial charge in [0.2, 0.25) is 0 Å². The average Bonchev–Trinajstić information content (AvgIpc) is 2.36. The van der Waals surface area contributed by atoms with Gasteiger partial charge in [0.1, 0.15) is 0 Å². The monoisotopic (exact) mass is 274 g/mol. The number of thioether (sulfide) groups is 2. The summed E-state index contributed by atoms with van der Waals surface area (Å²) in [5, 5.41) is 0. The molecule has 0 spiro atoms. The second kappa shape index (κ2) is 4.63. The number of ketones is 1. The molecule has 0 atom stereocenters. The van der Waals surface area contributed by atoms with Crippen molar-refractivity contribution in [1.29, 1.82) is 0 Å². The van der Waals surface area contributed by atoms with Gasteiger partial charge in [0.05, 0.1) is 4.91 Å². The number of Topliss-reactive ketones (excluding diaryl/α,β-unsaturated/α-hetero) is 1. The molecule has 0 saturated heterocycles. The van der Waals surface area contributed by atoms with E-state index in [2.05, 4.69) is 38.1 Å². The Balaban J connectivity index is 2.01. The highest BCUT2D eigenvalue weighted by Gasteiger charge is 2.25. The SMILES string of the molecule is CC(C)c1ccc2c(c1)SC1=C(C=CCC1=O)S2. The minimum absolute atomic E-state index is 0.255. The highest BCUT2D eigenvalue weighted by molar-refractivity contribution is 8.10. The molecule has 1 aromatic carbocycles. The van der Waals surface area contributed by atoms with Crippen LogP contribution in [0.2, 0.25) is 0 Å². The third-order valence-electron chi connectivity index (χ3n) is 3.12. The molecule has 1 aliphatic carbocycles. The number of hydrogen-bond acceptors (Lipinski definition) is 3. The zero-order valence-corrected chi connectivity index (χ0v) is 12.0. The Morgan fingerprint density at radius 3 is 2.78 bits per heavy atom. The summed E-state index contributed by atoms with van der Waals surface area (Å²) in [5.74, 6) is 0.781. The molecule has 0 N–H and O–H groups in total. The summed E-state index contributed by atoms with van der Waals surface area (Å²) in [4.78, 5) is 16.4. The molecule has 0 unspecified atom stereocenters. The molecule has 0 radical (unpaired) electrons. The molecule has 1 nitrogen and oxygen atoms in total. The van der Waals surface area contributed by atoms with Crippen LogP contribution in [0.25, 0.3) is 0 Å². The van der Waals surface area contributed by atoms with E-state index in [0.717, 1.165) is 9.81 Å². The molecule has 3 rings (SSSR count). The molecule has 1 aromatic rings. The normalized spacial score (nSPS) is 18.1. The first kappa shape index (κ1) is 12.1. The molecule has 0 amide bonds. The second-order valence-electron chi connectivity index (χ2n) is 4.79. The van der Waals surface area contributed by atoms with Crippen molar-refractivity contribution in [2.24, 2.45) is 0 Å². The van der Waals surface area contributed by atoms with Gasteiger partial charge in [-0.05, 0) is 23.6 Å². The number of allylic oxidation sites excluding steroid dienone is 3. The number of carbonyl (C=O) groups excluding carboxylic acids is 1. The van der Waals surface area contributed by atoms with Crippen LogP contribution in [0.3, 0.4) is 0 Å². The zero-order chi connectivity index (χ0) is 12.7. The van der Waals surface area contributed by atoms with Gasteiger partial charge in [-0.1, -0.05) is 55.6 Å². The molecular formula is C15H14OS2. The summed E-state index contributed by atoms with van der Waals surface area (Å²) in [6, 6.07) is 6.60. The smallest absolute Gasteiger partial charge is 0.174 e. The molecule has 1 aliphatic heterocycles. The van der Waals surface area contributed by atoms with E-state index < -0.39 is 0 Å². The van der Waals surface area contributed by atoms with E-state index in [1.54, 1.807) is 23.5 Å². The third kappa shape index (κ3) is 2.06. The van der Waals surface area contributed by atoms with Crippen LogP contribution in [0, 0.1) is 0 Å². The number of fused-ring (bicyclic) bond motifs is 1. The van der Waals surface area contributed by atoms with Crippen molar-refractivity contribution in [2.75, 3.05) is 0 Å². The maximum absolute atomic E-state index is 11.9. The molecular weight excluding hydrogens is 260 g/mol. The Kier molecular flexibility index (Phi) is 3.12. The van der Waals surface area contributed by atoms with E-state index in [4.69, 9.17) is 0 Å². The Bertz CT molecular complexity index is 582. The number of rotatable bonds is 1. The van der Waals surface area contributed by atoms with Gasteiger partial charge in [-0.3, -0.25) is 4.79 Å². The molecule has 3 heteroatoms. The first-order chi connectivity index (χ1) is 8.65. The molecule has 2 aliphatic rings. The minimum atomic E-state index is 0.255. The van der Waals surface area contributed by atoms with Crippen molar-refractivity contribution >= 4 is 29.3 Å².